The average molecular weight is 204 g/mol. The maximum Gasteiger partial charge on any atom is 0.0921 e. The standard InChI is InChI=1S/C6H10BrN3/c7-2-5(8)1-6-3-9-4-10-6/h3-5H,1-2,8H2,(H,9,10)/t5-/m0/s1. The van der Waals surface area contributed by atoms with Crippen molar-refractivity contribution in [2.24, 2.45) is 5.73 Å². The highest BCUT2D eigenvalue weighted by atomic mass is 79.9. The van der Waals surface area contributed by atoms with Crippen molar-refractivity contribution in [1.82, 2.24) is 9.97 Å². The van der Waals surface area contributed by atoms with Crippen molar-refractivity contribution in [1.29, 1.82) is 0 Å². The average Bonchev–Trinajstić information content (AvgIpc) is 2.40. The van der Waals surface area contributed by atoms with Crippen molar-refractivity contribution in [3.05, 3.63) is 18.2 Å². The molecule has 1 aromatic rings. The van der Waals surface area contributed by atoms with E-state index in [1.807, 2.05) is 0 Å². The van der Waals surface area contributed by atoms with E-state index in [1.165, 1.54) is 0 Å². The lowest BCUT2D eigenvalue weighted by atomic mass is 10.2. The Kier molecular flexibility index (Phi) is 2.89. The fourth-order valence-electron chi connectivity index (χ4n) is 0.733. The van der Waals surface area contributed by atoms with Crippen LogP contribution in [-0.4, -0.2) is 21.3 Å². The van der Waals surface area contributed by atoms with Crippen LogP contribution in [0.3, 0.4) is 0 Å². The van der Waals surface area contributed by atoms with E-state index in [4.69, 9.17) is 5.73 Å². The number of nitrogens with one attached hydrogen (secondary N) is 1. The topological polar surface area (TPSA) is 54.7 Å². The van der Waals surface area contributed by atoms with Crippen molar-refractivity contribution in [3.63, 3.8) is 0 Å². The van der Waals surface area contributed by atoms with Crippen LogP contribution in [-0.2, 0) is 6.42 Å². The van der Waals surface area contributed by atoms with Crippen LogP contribution in [0.15, 0.2) is 12.5 Å². The maximum absolute atomic E-state index is 5.67. The van der Waals surface area contributed by atoms with E-state index < -0.39 is 0 Å². The zero-order valence-corrected chi connectivity index (χ0v) is 7.13. The molecule has 1 rings (SSSR count). The molecule has 0 aliphatic heterocycles. The Hall–Kier alpha value is -0.350. The van der Waals surface area contributed by atoms with Gasteiger partial charge in [-0.05, 0) is 0 Å². The normalized spacial score (nSPS) is 13.4. The van der Waals surface area contributed by atoms with Crippen LogP contribution in [0.2, 0.25) is 0 Å². The number of hydrogen-bond donors (Lipinski definition) is 2. The minimum absolute atomic E-state index is 0.181. The first kappa shape index (κ1) is 7.75. The van der Waals surface area contributed by atoms with Gasteiger partial charge >= 0.3 is 0 Å². The van der Waals surface area contributed by atoms with Crippen molar-refractivity contribution in [2.45, 2.75) is 12.5 Å². The molecule has 0 radical (unpaired) electrons. The van der Waals surface area contributed by atoms with Gasteiger partial charge in [-0.15, -0.1) is 0 Å². The Labute approximate surface area is 68.2 Å². The van der Waals surface area contributed by atoms with Gasteiger partial charge in [-0.1, -0.05) is 15.9 Å². The number of halogens is 1. The molecule has 0 saturated carbocycles. The van der Waals surface area contributed by atoms with Crippen LogP contribution in [0.5, 0.6) is 0 Å². The third kappa shape index (κ3) is 2.11. The van der Waals surface area contributed by atoms with Gasteiger partial charge in [0.1, 0.15) is 0 Å². The molecule has 3 nitrogen and oxygen atoms in total. The first-order chi connectivity index (χ1) is 4.83. The molecule has 0 unspecified atom stereocenters. The Morgan fingerprint density at radius 3 is 3.10 bits per heavy atom. The van der Waals surface area contributed by atoms with Gasteiger partial charge < -0.3 is 10.7 Å². The minimum atomic E-state index is 0.181. The summed E-state index contributed by atoms with van der Waals surface area (Å²) >= 11 is 3.30. The Balaban J connectivity index is 2.40. The molecule has 0 amide bonds. The SMILES string of the molecule is N[C@H](CBr)Cc1cnc[nH]1. The fourth-order valence-corrected chi connectivity index (χ4v) is 0.962. The number of aromatic amines is 1. The number of aromatic nitrogens is 2. The molecule has 0 aliphatic carbocycles. The van der Waals surface area contributed by atoms with Crippen LogP contribution in [0.1, 0.15) is 5.69 Å². The molecule has 1 heterocycles. The van der Waals surface area contributed by atoms with E-state index >= 15 is 0 Å². The third-order valence-electron chi connectivity index (χ3n) is 1.24. The van der Waals surface area contributed by atoms with E-state index in [2.05, 4.69) is 25.9 Å². The van der Waals surface area contributed by atoms with Gasteiger partial charge in [0.25, 0.3) is 0 Å². The molecule has 10 heavy (non-hydrogen) atoms. The summed E-state index contributed by atoms with van der Waals surface area (Å²) < 4.78 is 0. The number of nitrogens with zero attached hydrogens (tertiary/aromatic N) is 1. The fraction of sp³-hybridized carbons (Fsp3) is 0.500. The van der Waals surface area contributed by atoms with Gasteiger partial charge in [0.2, 0.25) is 0 Å². The largest absolute Gasteiger partial charge is 0.348 e. The smallest absolute Gasteiger partial charge is 0.0921 e. The Morgan fingerprint density at radius 1 is 1.80 bits per heavy atom. The van der Waals surface area contributed by atoms with Crippen molar-refractivity contribution < 1.29 is 0 Å². The van der Waals surface area contributed by atoms with Crippen LogP contribution in [0.25, 0.3) is 0 Å². The van der Waals surface area contributed by atoms with E-state index in [-0.39, 0.29) is 6.04 Å². The summed E-state index contributed by atoms with van der Waals surface area (Å²) in [6.07, 6.45) is 4.31. The first-order valence-corrected chi connectivity index (χ1v) is 4.24. The monoisotopic (exact) mass is 203 g/mol. The van der Waals surface area contributed by atoms with Gasteiger partial charge in [-0.2, -0.15) is 0 Å². The molecule has 0 bridgehead atoms. The van der Waals surface area contributed by atoms with Crippen molar-refractivity contribution in [3.8, 4) is 0 Å². The van der Waals surface area contributed by atoms with Gasteiger partial charge in [-0.25, -0.2) is 4.98 Å². The molecule has 56 valence electrons. The van der Waals surface area contributed by atoms with Crippen LogP contribution in [0.4, 0.5) is 0 Å². The third-order valence-corrected chi connectivity index (χ3v) is 2.07. The summed E-state index contributed by atoms with van der Waals surface area (Å²) in [5, 5.41) is 0.825. The molecular formula is C6H10BrN3. The van der Waals surface area contributed by atoms with Gasteiger partial charge in [-0.3, -0.25) is 0 Å². The summed E-state index contributed by atoms with van der Waals surface area (Å²) in [5.41, 5.74) is 6.76. The zero-order valence-electron chi connectivity index (χ0n) is 5.55. The van der Waals surface area contributed by atoms with E-state index in [0.29, 0.717) is 0 Å². The quantitative estimate of drug-likeness (QED) is 0.711. The highest BCUT2D eigenvalue weighted by Gasteiger charge is 2.01. The summed E-state index contributed by atoms with van der Waals surface area (Å²) in [6, 6.07) is 0.181. The molecular weight excluding hydrogens is 194 g/mol. The zero-order chi connectivity index (χ0) is 7.40. The molecule has 0 aromatic carbocycles. The lowest BCUT2D eigenvalue weighted by molar-refractivity contribution is 0.740. The van der Waals surface area contributed by atoms with Gasteiger partial charge in [0.15, 0.2) is 0 Å². The van der Waals surface area contributed by atoms with Crippen molar-refractivity contribution in [2.75, 3.05) is 5.33 Å². The highest BCUT2D eigenvalue weighted by Crippen LogP contribution is 1.97. The molecule has 0 fully saturated rings. The summed E-state index contributed by atoms with van der Waals surface area (Å²) in [7, 11) is 0. The molecule has 4 heteroatoms. The highest BCUT2D eigenvalue weighted by molar-refractivity contribution is 9.09. The molecule has 1 aromatic heterocycles. The number of imidazole rings is 1. The predicted octanol–water partition coefficient (Wildman–Crippen LogP) is 0.674. The number of alkyl halides is 1. The van der Waals surface area contributed by atoms with Crippen LogP contribution in [0, 0.1) is 0 Å². The molecule has 1 atom stereocenters. The molecule has 0 saturated heterocycles. The van der Waals surface area contributed by atoms with E-state index in [1.54, 1.807) is 12.5 Å². The number of H-pyrrole nitrogens is 1. The van der Waals surface area contributed by atoms with Gasteiger partial charge in [0.05, 0.1) is 6.33 Å². The van der Waals surface area contributed by atoms with Crippen LogP contribution < -0.4 is 5.73 Å². The lowest BCUT2D eigenvalue weighted by Crippen LogP contribution is -2.24. The molecule has 0 spiro atoms. The second-order valence-electron chi connectivity index (χ2n) is 2.20. The summed E-state index contributed by atoms with van der Waals surface area (Å²) in [4.78, 5) is 6.87. The predicted molar refractivity (Wildman–Crippen MR) is 44.1 cm³/mol. The lowest BCUT2D eigenvalue weighted by Gasteiger charge is -2.03. The summed E-state index contributed by atoms with van der Waals surface area (Å²) in [5.74, 6) is 0. The first-order valence-electron chi connectivity index (χ1n) is 3.11. The number of rotatable bonds is 3. The minimum Gasteiger partial charge on any atom is -0.348 e. The maximum atomic E-state index is 5.67. The molecule has 3 N–H and O–H groups in total. The second-order valence-corrected chi connectivity index (χ2v) is 2.84. The Bertz CT molecular complexity index is 173. The summed E-state index contributed by atoms with van der Waals surface area (Å²) in [6.45, 7) is 0. The van der Waals surface area contributed by atoms with Crippen LogP contribution >= 0.6 is 15.9 Å². The van der Waals surface area contributed by atoms with Gasteiger partial charge in [0, 0.05) is 29.7 Å². The number of nitrogens with two attached hydrogens (primary N) is 1. The van der Waals surface area contributed by atoms with Crippen molar-refractivity contribution >= 4 is 15.9 Å². The number of hydrogen-bond acceptors (Lipinski definition) is 2. The van der Waals surface area contributed by atoms with E-state index in [9.17, 15) is 0 Å². The van der Waals surface area contributed by atoms with E-state index in [0.717, 1.165) is 17.4 Å². The second kappa shape index (κ2) is 3.73. The Morgan fingerprint density at radius 2 is 2.60 bits per heavy atom. The molecule has 0 aliphatic rings.